The summed E-state index contributed by atoms with van der Waals surface area (Å²) in [4.78, 5) is 19.7. The van der Waals surface area contributed by atoms with Gasteiger partial charge in [0.05, 0.1) is 17.9 Å². The molecule has 1 amide bonds. The molecule has 0 radical (unpaired) electrons. The van der Waals surface area contributed by atoms with Crippen LogP contribution in [-0.2, 0) is 13.1 Å². The van der Waals surface area contributed by atoms with Crippen molar-refractivity contribution in [2.75, 3.05) is 5.73 Å². The largest absolute Gasteiger partial charge is 0.396 e. The van der Waals surface area contributed by atoms with E-state index in [0.717, 1.165) is 5.69 Å². The van der Waals surface area contributed by atoms with Gasteiger partial charge in [0.15, 0.2) is 5.69 Å². The molecule has 0 bridgehead atoms. The Bertz CT molecular complexity index is 536. The number of hydrogen-bond acceptors (Lipinski definition) is 5. The van der Waals surface area contributed by atoms with Crippen molar-refractivity contribution in [3.8, 4) is 0 Å². The average molecular weight is 246 g/mol. The van der Waals surface area contributed by atoms with E-state index in [-0.39, 0.29) is 11.6 Å². The van der Waals surface area contributed by atoms with E-state index < -0.39 is 0 Å². The average Bonchev–Trinajstić information content (AvgIpc) is 2.78. The van der Waals surface area contributed by atoms with Crippen molar-refractivity contribution < 1.29 is 4.79 Å². The van der Waals surface area contributed by atoms with Gasteiger partial charge in [-0.15, -0.1) is 0 Å². The van der Waals surface area contributed by atoms with Crippen LogP contribution in [0.4, 0.5) is 5.69 Å². The summed E-state index contributed by atoms with van der Waals surface area (Å²) < 4.78 is 1.62. The monoisotopic (exact) mass is 246 g/mol. The van der Waals surface area contributed by atoms with Crippen molar-refractivity contribution in [3.05, 3.63) is 36.2 Å². The highest BCUT2D eigenvalue weighted by Crippen LogP contribution is 2.08. The molecule has 2 aromatic heterocycles. The summed E-state index contributed by atoms with van der Waals surface area (Å²) in [6.07, 6.45) is 4.69. The number of amides is 1. The number of rotatable bonds is 4. The molecule has 2 heterocycles. The molecule has 0 aliphatic rings. The van der Waals surface area contributed by atoms with Crippen LogP contribution in [0.15, 0.2) is 24.8 Å². The number of anilines is 1. The fraction of sp³-hybridized carbons (Fsp3) is 0.273. The van der Waals surface area contributed by atoms with Crippen molar-refractivity contribution in [1.82, 2.24) is 25.1 Å². The first-order valence-corrected chi connectivity index (χ1v) is 5.56. The van der Waals surface area contributed by atoms with Crippen LogP contribution < -0.4 is 11.1 Å². The van der Waals surface area contributed by atoms with Crippen molar-refractivity contribution >= 4 is 11.6 Å². The van der Waals surface area contributed by atoms with Crippen LogP contribution in [0, 0.1) is 0 Å². The Morgan fingerprint density at radius 1 is 1.56 bits per heavy atom. The highest BCUT2D eigenvalue weighted by molar-refractivity contribution is 5.96. The third-order valence-electron chi connectivity index (χ3n) is 2.40. The van der Waals surface area contributed by atoms with Gasteiger partial charge in [-0.2, -0.15) is 5.10 Å². The number of aryl methyl sites for hydroxylation is 1. The number of nitrogens with one attached hydrogen (secondary N) is 1. The molecule has 0 aliphatic carbocycles. The molecular weight excluding hydrogens is 232 g/mol. The summed E-state index contributed by atoms with van der Waals surface area (Å²) in [5.74, 6) is -0.307. The van der Waals surface area contributed by atoms with Crippen LogP contribution in [0.3, 0.4) is 0 Å². The van der Waals surface area contributed by atoms with E-state index in [4.69, 9.17) is 5.73 Å². The van der Waals surface area contributed by atoms with Gasteiger partial charge in [0.25, 0.3) is 5.91 Å². The summed E-state index contributed by atoms with van der Waals surface area (Å²) >= 11 is 0. The van der Waals surface area contributed by atoms with Gasteiger partial charge in [-0.25, -0.2) is 9.97 Å². The molecule has 7 nitrogen and oxygen atoms in total. The summed E-state index contributed by atoms with van der Waals surface area (Å²) in [5.41, 5.74) is 7.06. The molecule has 0 fully saturated rings. The zero-order chi connectivity index (χ0) is 13.0. The Morgan fingerprint density at radius 2 is 2.39 bits per heavy atom. The fourth-order valence-electron chi connectivity index (χ4n) is 1.45. The molecule has 2 rings (SSSR count). The molecule has 0 unspecified atom stereocenters. The van der Waals surface area contributed by atoms with Gasteiger partial charge in [-0.3, -0.25) is 9.48 Å². The topological polar surface area (TPSA) is 98.7 Å². The van der Waals surface area contributed by atoms with Crippen molar-refractivity contribution in [3.63, 3.8) is 0 Å². The zero-order valence-corrected chi connectivity index (χ0v) is 10.00. The van der Waals surface area contributed by atoms with Crippen LogP contribution in [0.1, 0.15) is 23.1 Å². The van der Waals surface area contributed by atoms with E-state index >= 15 is 0 Å². The molecule has 0 atom stereocenters. The van der Waals surface area contributed by atoms with Crippen LogP contribution in [0.25, 0.3) is 0 Å². The maximum Gasteiger partial charge on any atom is 0.274 e. The van der Waals surface area contributed by atoms with Crippen LogP contribution >= 0.6 is 0 Å². The Balaban J connectivity index is 2.01. The molecule has 94 valence electrons. The fourth-order valence-corrected chi connectivity index (χ4v) is 1.45. The lowest BCUT2D eigenvalue weighted by Gasteiger charge is -2.02. The standard InChI is InChI=1S/C11H14N6O/c1-2-17-6-9(12)10(16-17)11(18)14-5-8-3-4-13-7-15-8/h3-4,6-7H,2,5,12H2,1H3,(H,14,18). The molecule has 0 aromatic carbocycles. The Morgan fingerprint density at radius 3 is 3.00 bits per heavy atom. The van der Waals surface area contributed by atoms with Gasteiger partial charge in [-0.05, 0) is 13.0 Å². The third kappa shape index (κ3) is 2.62. The Kier molecular flexibility index (Phi) is 3.52. The first-order chi connectivity index (χ1) is 8.70. The second kappa shape index (κ2) is 5.26. The quantitative estimate of drug-likeness (QED) is 0.803. The molecule has 3 N–H and O–H groups in total. The second-order valence-corrected chi connectivity index (χ2v) is 3.67. The number of nitrogens with zero attached hydrogens (tertiary/aromatic N) is 4. The zero-order valence-electron chi connectivity index (χ0n) is 10.00. The minimum absolute atomic E-state index is 0.242. The SMILES string of the molecule is CCn1cc(N)c(C(=O)NCc2ccncn2)n1. The molecule has 0 aliphatic heterocycles. The summed E-state index contributed by atoms with van der Waals surface area (Å²) in [5, 5.41) is 6.80. The lowest BCUT2D eigenvalue weighted by Crippen LogP contribution is -2.24. The van der Waals surface area contributed by atoms with Gasteiger partial charge in [0.1, 0.15) is 6.33 Å². The molecule has 7 heteroatoms. The normalized spacial score (nSPS) is 10.3. The lowest BCUT2D eigenvalue weighted by atomic mass is 10.3. The molecule has 0 saturated heterocycles. The maximum atomic E-state index is 11.9. The molecule has 2 aromatic rings. The van der Waals surface area contributed by atoms with Crippen molar-refractivity contribution in [2.24, 2.45) is 0 Å². The summed E-state index contributed by atoms with van der Waals surface area (Å²) in [6, 6.07) is 1.73. The van der Waals surface area contributed by atoms with Crippen LogP contribution in [0.2, 0.25) is 0 Å². The minimum Gasteiger partial charge on any atom is -0.396 e. The van der Waals surface area contributed by atoms with E-state index in [0.29, 0.717) is 18.8 Å². The molecule has 0 saturated carbocycles. The van der Waals surface area contributed by atoms with Crippen LogP contribution in [-0.4, -0.2) is 25.7 Å². The number of nitrogen functional groups attached to an aromatic ring is 1. The Hall–Kier alpha value is -2.44. The highest BCUT2D eigenvalue weighted by atomic mass is 16.2. The van der Waals surface area contributed by atoms with E-state index in [9.17, 15) is 4.79 Å². The predicted octanol–water partition coefficient (Wildman–Crippen LogP) is 0.205. The van der Waals surface area contributed by atoms with E-state index in [2.05, 4.69) is 20.4 Å². The van der Waals surface area contributed by atoms with E-state index in [1.165, 1.54) is 6.33 Å². The van der Waals surface area contributed by atoms with Gasteiger partial charge in [-0.1, -0.05) is 0 Å². The van der Waals surface area contributed by atoms with Crippen molar-refractivity contribution in [2.45, 2.75) is 20.0 Å². The Labute approximate surface area is 104 Å². The van der Waals surface area contributed by atoms with Gasteiger partial charge >= 0.3 is 0 Å². The molecule has 18 heavy (non-hydrogen) atoms. The first-order valence-electron chi connectivity index (χ1n) is 5.56. The van der Waals surface area contributed by atoms with Gasteiger partial charge in [0, 0.05) is 18.9 Å². The first kappa shape index (κ1) is 12.0. The minimum atomic E-state index is -0.307. The smallest absolute Gasteiger partial charge is 0.274 e. The number of hydrogen-bond donors (Lipinski definition) is 2. The van der Waals surface area contributed by atoms with E-state index in [1.807, 2.05) is 6.92 Å². The van der Waals surface area contributed by atoms with E-state index in [1.54, 1.807) is 23.1 Å². The maximum absolute atomic E-state index is 11.9. The molecular formula is C11H14N6O. The number of aromatic nitrogens is 4. The van der Waals surface area contributed by atoms with Gasteiger partial charge in [0.2, 0.25) is 0 Å². The summed E-state index contributed by atoms with van der Waals surface area (Å²) in [7, 11) is 0. The molecule has 0 spiro atoms. The number of carbonyl (C=O) groups is 1. The second-order valence-electron chi connectivity index (χ2n) is 3.67. The van der Waals surface area contributed by atoms with Crippen molar-refractivity contribution in [1.29, 1.82) is 0 Å². The highest BCUT2D eigenvalue weighted by Gasteiger charge is 2.14. The predicted molar refractivity (Wildman–Crippen MR) is 65.5 cm³/mol. The van der Waals surface area contributed by atoms with Gasteiger partial charge < -0.3 is 11.1 Å². The third-order valence-corrected chi connectivity index (χ3v) is 2.40. The number of carbonyl (C=O) groups excluding carboxylic acids is 1. The number of nitrogens with two attached hydrogens (primary N) is 1. The van der Waals surface area contributed by atoms with Crippen LogP contribution in [0.5, 0.6) is 0 Å². The lowest BCUT2D eigenvalue weighted by molar-refractivity contribution is 0.0945. The summed E-state index contributed by atoms with van der Waals surface area (Å²) in [6.45, 7) is 2.91.